The van der Waals surface area contributed by atoms with Crippen molar-refractivity contribution in [1.82, 2.24) is 10.2 Å². The molecule has 23 heavy (non-hydrogen) atoms. The van der Waals surface area contributed by atoms with Gasteiger partial charge in [-0.1, -0.05) is 31.0 Å². The van der Waals surface area contributed by atoms with Crippen LogP contribution in [-0.4, -0.2) is 36.5 Å². The Balaban J connectivity index is 1.58. The van der Waals surface area contributed by atoms with Gasteiger partial charge >= 0.3 is 0 Å². The number of rotatable bonds is 5. The largest absolute Gasteiger partial charge is 0.334 e. The zero-order valence-corrected chi connectivity index (χ0v) is 14.0. The third kappa shape index (κ3) is 3.30. The quantitative estimate of drug-likeness (QED) is 0.901. The minimum atomic E-state index is 0.285. The van der Waals surface area contributed by atoms with Crippen molar-refractivity contribution in [2.24, 2.45) is 5.92 Å². The lowest BCUT2D eigenvalue weighted by Crippen LogP contribution is -2.44. The Morgan fingerprint density at radius 2 is 1.87 bits per heavy atom. The molecule has 3 heteroatoms. The van der Waals surface area contributed by atoms with Gasteiger partial charge in [-0.25, -0.2) is 0 Å². The summed E-state index contributed by atoms with van der Waals surface area (Å²) in [7, 11) is 0. The molecule has 3 fully saturated rings. The number of hydrogen-bond donors (Lipinski definition) is 1. The normalized spacial score (nSPS) is 25.0. The van der Waals surface area contributed by atoms with Crippen LogP contribution in [0.15, 0.2) is 24.3 Å². The van der Waals surface area contributed by atoms with Crippen molar-refractivity contribution in [1.29, 1.82) is 0 Å². The molecule has 124 valence electrons. The molecule has 0 aromatic heterocycles. The first-order valence-corrected chi connectivity index (χ1v) is 9.43. The third-order valence-corrected chi connectivity index (χ3v) is 5.87. The van der Waals surface area contributed by atoms with E-state index in [1.807, 2.05) is 6.07 Å². The maximum atomic E-state index is 13.4. The van der Waals surface area contributed by atoms with Crippen molar-refractivity contribution < 1.29 is 4.79 Å². The molecule has 1 saturated heterocycles. The molecule has 4 rings (SSSR count). The first-order chi connectivity index (χ1) is 11.3. The maximum absolute atomic E-state index is 13.4. The number of hydrogen-bond acceptors (Lipinski definition) is 2. The second-order valence-corrected chi connectivity index (χ2v) is 7.62. The summed E-state index contributed by atoms with van der Waals surface area (Å²) in [4.78, 5) is 15.6. The van der Waals surface area contributed by atoms with E-state index in [4.69, 9.17) is 0 Å². The molecule has 0 spiro atoms. The van der Waals surface area contributed by atoms with Gasteiger partial charge in [0.2, 0.25) is 0 Å². The van der Waals surface area contributed by atoms with Crippen molar-refractivity contribution in [2.75, 3.05) is 19.6 Å². The van der Waals surface area contributed by atoms with E-state index < -0.39 is 0 Å². The molecule has 0 bridgehead atoms. The van der Waals surface area contributed by atoms with Gasteiger partial charge in [-0.05, 0) is 62.1 Å². The highest BCUT2D eigenvalue weighted by Gasteiger charge is 2.33. The van der Waals surface area contributed by atoms with Crippen LogP contribution in [0.2, 0.25) is 0 Å². The van der Waals surface area contributed by atoms with E-state index in [1.165, 1.54) is 44.1 Å². The lowest BCUT2D eigenvalue weighted by atomic mass is 9.99. The minimum Gasteiger partial charge on any atom is -0.334 e. The topological polar surface area (TPSA) is 32.3 Å². The highest BCUT2D eigenvalue weighted by molar-refractivity contribution is 5.96. The Bertz CT molecular complexity index is 555. The van der Waals surface area contributed by atoms with E-state index in [-0.39, 0.29) is 5.91 Å². The summed E-state index contributed by atoms with van der Waals surface area (Å²) >= 11 is 0. The highest BCUT2D eigenvalue weighted by atomic mass is 16.2. The van der Waals surface area contributed by atoms with Crippen LogP contribution in [0.4, 0.5) is 0 Å². The van der Waals surface area contributed by atoms with Crippen LogP contribution < -0.4 is 5.32 Å². The van der Waals surface area contributed by atoms with Gasteiger partial charge in [0, 0.05) is 24.7 Å². The number of nitrogens with zero attached hydrogens (tertiary/aromatic N) is 1. The Hall–Kier alpha value is -1.35. The molecule has 1 atom stereocenters. The molecule has 3 nitrogen and oxygen atoms in total. The summed E-state index contributed by atoms with van der Waals surface area (Å²) < 4.78 is 0. The number of amides is 1. The first kappa shape index (κ1) is 15.2. The maximum Gasteiger partial charge on any atom is 0.254 e. The van der Waals surface area contributed by atoms with E-state index in [9.17, 15) is 4.79 Å². The molecule has 1 aromatic rings. The molecule has 0 unspecified atom stereocenters. The molecular formula is C20H28N2O. The van der Waals surface area contributed by atoms with E-state index in [0.29, 0.717) is 17.9 Å². The number of nitrogens with one attached hydrogen (secondary N) is 1. The zero-order chi connectivity index (χ0) is 15.6. The van der Waals surface area contributed by atoms with Gasteiger partial charge in [0.15, 0.2) is 0 Å². The fraction of sp³-hybridized carbons (Fsp3) is 0.650. The Morgan fingerprint density at radius 3 is 2.57 bits per heavy atom. The molecular weight excluding hydrogens is 284 g/mol. The molecule has 2 saturated carbocycles. The highest BCUT2D eigenvalue weighted by Crippen LogP contribution is 2.42. The summed E-state index contributed by atoms with van der Waals surface area (Å²) in [6.45, 7) is 2.97. The van der Waals surface area contributed by atoms with Crippen LogP contribution in [0.1, 0.15) is 66.8 Å². The molecule has 3 aliphatic rings. The monoisotopic (exact) mass is 312 g/mol. The van der Waals surface area contributed by atoms with Crippen LogP contribution in [-0.2, 0) is 0 Å². The lowest BCUT2D eigenvalue weighted by Gasteiger charge is -2.32. The Labute approximate surface area is 139 Å². The average molecular weight is 312 g/mol. The summed E-state index contributed by atoms with van der Waals surface area (Å²) in [5.41, 5.74) is 2.26. The van der Waals surface area contributed by atoms with E-state index in [0.717, 1.165) is 31.6 Å². The van der Waals surface area contributed by atoms with Gasteiger partial charge in [-0.15, -0.1) is 0 Å². The van der Waals surface area contributed by atoms with Gasteiger partial charge < -0.3 is 10.2 Å². The minimum absolute atomic E-state index is 0.285. The van der Waals surface area contributed by atoms with Gasteiger partial charge in [0.25, 0.3) is 5.91 Å². The van der Waals surface area contributed by atoms with Crippen LogP contribution in [0, 0.1) is 5.92 Å². The van der Waals surface area contributed by atoms with Crippen LogP contribution >= 0.6 is 0 Å². The second-order valence-electron chi connectivity index (χ2n) is 7.62. The lowest BCUT2D eigenvalue weighted by molar-refractivity contribution is 0.0657. The summed E-state index contributed by atoms with van der Waals surface area (Å²) in [5.74, 6) is 1.63. The van der Waals surface area contributed by atoms with Gasteiger partial charge in [-0.3, -0.25) is 4.79 Å². The predicted octanol–water partition coefficient (Wildman–Crippen LogP) is 3.56. The molecule has 1 aromatic carbocycles. The van der Waals surface area contributed by atoms with Crippen molar-refractivity contribution in [3.05, 3.63) is 35.4 Å². The molecule has 1 heterocycles. The SMILES string of the molecule is O=C(c1ccccc1C1CC1)N(CC1CCCC1)[C@H]1CCNC1. The van der Waals surface area contributed by atoms with Crippen LogP contribution in [0.5, 0.6) is 0 Å². The molecule has 1 amide bonds. The molecule has 1 N–H and O–H groups in total. The summed E-state index contributed by atoms with van der Waals surface area (Å²) in [6.07, 6.45) is 8.88. The fourth-order valence-electron chi connectivity index (χ4n) is 4.37. The van der Waals surface area contributed by atoms with E-state index in [2.05, 4.69) is 28.4 Å². The second kappa shape index (κ2) is 6.64. The van der Waals surface area contributed by atoms with Crippen molar-refractivity contribution in [2.45, 2.75) is 56.9 Å². The van der Waals surface area contributed by atoms with Crippen molar-refractivity contribution in [3.63, 3.8) is 0 Å². The third-order valence-electron chi connectivity index (χ3n) is 5.87. The summed E-state index contributed by atoms with van der Waals surface area (Å²) in [6, 6.07) is 8.73. The molecule has 2 aliphatic carbocycles. The van der Waals surface area contributed by atoms with Crippen LogP contribution in [0.3, 0.4) is 0 Å². The first-order valence-electron chi connectivity index (χ1n) is 9.43. The molecule has 0 radical (unpaired) electrons. The van der Waals surface area contributed by atoms with E-state index in [1.54, 1.807) is 0 Å². The van der Waals surface area contributed by atoms with E-state index >= 15 is 0 Å². The number of benzene rings is 1. The smallest absolute Gasteiger partial charge is 0.254 e. The van der Waals surface area contributed by atoms with Gasteiger partial charge in [0.05, 0.1) is 0 Å². The zero-order valence-electron chi connectivity index (χ0n) is 14.0. The van der Waals surface area contributed by atoms with Crippen LogP contribution in [0.25, 0.3) is 0 Å². The Kier molecular flexibility index (Phi) is 4.39. The number of carbonyl (C=O) groups excluding carboxylic acids is 1. The average Bonchev–Trinajstić information content (AvgIpc) is 3.06. The summed E-state index contributed by atoms with van der Waals surface area (Å²) in [5, 5.41) is 3.44. The predicted molar refractivity (Wildman–Crippen MR) is 92.7 cm³/mol. The standard InChI is InChI=1S/C20H28N2O/c23-20(19-8-4-3-7-18(19)16-9-10-16)22(17-11-12-21-13-17)14-15-5-1-2-6-15/h3-4,7-8,15-17,21H,1-2,5-6,9-14H2/t17-/m0/s1. The van der Waals surface area contributed by atoms with Crippen molar-refractivity contribution in [3.8, 4) is 0 Å². The van der Waals surface area contributed by atoms with Crippen molar-refractivity contribution >= 4 is 5.91 Å². The van der Waals surface area contributed by atoms with Gasteiger partial charge in [0.1, 0.15) is 0 Å². The fourth-order valence-corrected chi connectivity index (χ4v) is 4.37. The number of carbonyl (C=O) groups is 1. The molecule has 1 aliphatic heterocycles. The Morgan fingerprint density at radius 1 is 1.09 bits per heavy atom. The van der Waals surface area contributed by atoms with Gasteiger partial charge in [-0.2, -0.15) is 0 Å².